The summed E-state index contributed by atoms with van der Waals surface area (Å²) in [5.41, 5.74) is 4.41. The summed E-state index contributed by atoms with van der Waals surface area (Å²) in [6.45, 7) is 4.03. The van der Waals surface area contributed by atoms with Gasteiger partial charge in [-0.05, 0) is 31.5 Å². The second kappa shape index (κ2) is 5.25. The summed E-state index contributed by atoms with van der Waals surface area (Å²) in [7, 11) is 1.98. The van der Waals surface area contributed by atoms with Gasteiger partial charge in [-0.1, -0.05) is 30.0 Å². The van der Waals surface area contributed by atoms with Crippen LogP contribution in [0, 0.1) is 13.8 Å². The van der Waals surface area contributed by atoms with Gasteiger partial charge in [-0.25, -0.2) is 0 Å². The molecule has 0 radical (unpaired) electrons. The molecule has 0 bridgehead atoms. The van der Waals surface area contributed by atoms with Crippen molar-refractivity contribution >= 4 is 22.7 Å². The second-order valence-corrected chi connectivity index (χ2v) is 5.82. The van der Waals surface area contributed by atoms with E-state index in [1.165, 1.54) is 10.9 Å². The first kappa shape index (κ1) is 13.1. The van der Waals surface area contributed by atoms with Gasteiger partial charge in [-0.15, -0.1) is 5.10 Å². The highest BCUT2D eigenvalue weighted by Gasteiger charge is 2.09. The monoisotopic (exact) mass is 284 g/mol. The van der Waals surface area contributed by atoms with Crippen LogP contribution in [0.4, 0.5) is 0 Å². The number of thioether (sulfide) groups is 1. The average molecular weight is 284 g/mol. The van der Waals surface area contributed by atoms with E-state index in [9.17, 15) is 0 Å². The van der Waals surface area contributed by atoms with Crippen LogP contribution in [0.1, 0.15) is 17.0 Å². The van der Waals surface area contributed by atoms with E-state index < -0.39 is 0 Å². The predicted octanol–water partition coefficient (Wildman–Crippen LogP) is 3.27. The lowest BCUT2D eigenvalue weighted by Gasteiger charge is -2.01. The molecular weight excluding hydrogens is 268 g/mol. The van der Waals surface area contributed by atoms with E-state index in [1.807, 2.05) is 30.8 Å². The van der Waals surface area contributed by atoms with Crippen molar-refractivity contribution in [2.75, 3.05) is 0 Å². The van der Waals surface area contributed by atoms with Crippen molar-refractivity contribution in [1.29, 1.82) is 0 Å². The minimum Gasteiger partial charge on any atom is -0.268 e. The number of hydrogen-bond donors (Lipinski definition) is 0. The van der Waals surface area contributed by atoms with Gasteiger partial charge < -0.3 is 0 Å². The molecule has 0 saturated heterocycles. The lowest BCUT2D eigenvalue weighted by Crippen LogP contribution is -1.94. The molecule has 0 aliphatic carbocycles. The van der Waals surface area contributed by atoms with Crippen LogP contribution in [0.25, 0.3) is 10.9 Å². The quantitative estimate of drug-likeness (QED) is 0.692. The Balaban J connectivity index is 1.85. The van der Waals surface area contributed by atoms with Gasteiger partial charge >= 0.3 is 0 Å². The van der Waals surface area contributed by atoms with Gasteiger partial charge in [0, 0.05) is 18.2 Å². The van der Waals surface area contributed by atoms with Crippen LogP contribution < -0.4 is 0 Å². The molecule has 0 aliphatic rings. The second-order valence-electron chi connectivity index (χ2n) is 4.83. The van der Waals surface area contributed by atoms with Crippen molar-refractivity contribution in [1.82, 2.24) is 20.0 Å². The summed E-state index contributed by atoms with van der Waals surface area (Å²) in [6.07, 6.45) is 0. The van der Waals surface area contributed by atoms with Crippen LogP contribution in [-0.2, 0) is 12.8 Å². The van der Waals surface area contributed by atoms with Gasteiger partial charge in [0.1, 0.15) is 5.03 Å². The maximum absolute atomic E-state index is 4.59. The largest absolute Gasteiger partial charge is 0.268 e. The molecular formula is C15H16N4S. The van der Waals surface area contributed by atoms with E-state index in [0.29, 0.717) is 0 Å². The van der Waals surface area contributed by atoms with Crippen LogP contribution in [-0.4, -0.2) is 20.0 Å². The predicted molar refractivity (Wildman–Crippen MR) is 81.8 cm³/mol. The fraction of sp³-hybridized carbons (Fsp3) is 0.267. The molecule has 1 aromatic carbocycles. The number of aryl methyl sites for hydroxylation is 3. The summed E-state index contributed by atoms with van der Waals surface area (Å²) in [6, 6.07) is 10.4. The topological polar surface area (TPSA) is 43.6 Å². The van der Waals surface area contributed by atoms with Gasteiger partial charge in [-0.3, -0.25) is 4.68 Å². The lowest BCUT2D eigenvalue weighted by atomic mass is 10.2. The SMILES string of the molecule is Cc1cc(SCc2nn(C)c3ccccc23)nnc1C. The van der Waals surface area contributed by atoms with Gasteiger partial charge in [-0.2, -0.15) is 10.2 Å². The summed E-state index contributed by atoms with van der Waals surface area (Å²) in [5, 5.41) is 15.1. The normalized spacial score (nSPS) is 11.2. The number of fused-ring (bicyclic) bond motifs is 1. The molecule has 102 valence electrons. The molecule has 0 aliphatic heterocycles. The molecule has 0 spiro atoms. The minimum absolute atomic E-state index is 0.804. The van der Waals surface area contributed by atoms with Crippen molar-refractivity contribution in [2.45, 2.75) is 24.6 Å². The van der Waals surface area contributed by atoms with E-state index in [4.69, 9.17) is 0 Å². The number of nitrogens with zero attached hydrogens (tertiary/aromatic N) is 4. The minimum atomic E-state index is 0.804. The molecule has 20 heavy (non-hydrogen) atoms. The maximum Gasteiger partial charge on any atom is 0.119 e. The summed E-state index contributed by atoms with van der Waals surface area (Å²) in [4.78, 5) is 0. The Morgan fingerprint density at radius 1 is 1.15 bits per heavy atom. The Kier molecular flexibility index (Phi) is 3.44. The average Bonchev–Trinajstić information content (AvgIpc) is 2.78. The molecule has 5 heteroatoms. The standard InChI is InChI=1S/C15H16N4S/c1-10-8-15(17-16-11(10)2)20-9-13-12-6-4-5-7-14(12)19(3)18-13/h4-8H,9H2,1-3H3. The van der Waals surface area contributed by atoms with E-state index in [0.717, 1.165) is 27.7 Å². The Morgan fingerprint density at radius 3 is 2.75 bits per heavy atom. The molecule has 3 aromatic rings. The third kappa shape index (κ3) is 2.41. The molecule has 0 amide bonds. The van der Waals surface area contributed by atoms with E-state index in [-0.39, 0.29) is 0 Å². The smallest absolute Gasteiger partial charge is 0.119 e. The van der Waals surface area contributed by atoms with Gasteiger partial charge in [0.05, 0.1) is 16.9 Å². The summed E-state index contributed by atoms with van der Waals surface area (Å²) < 4.78 is 1.93. The zero-order valence-electron chi connectivity index (χ0n) is 11.8. The van der Waals surface area contributed by atoms with Crippen LogP contribution in [0.15, 0.2) is 35.4 Å². The van der Waals surface area contributed by atoms with Gasteiger partial charge in [0.25, 0.3) is 0 Å². The summed E-state index contributed by atoms with van der Waals surface area (Å²) in [5.74, 6) is 0.804. The molecule has 0 fully saturated rings. The van der Waals surface area contributed by atoms with Gasteiger partial charge in [0.15, 0.2) is 0 Å². The number of para-hydroxylation sites is 1. The zero-order chi connectivity index (χ0) is 14.1. The molecule has 4 nitrogen and oxygen atoms in total. The lowest BCUT2D eigenvalue weighted by molar-refractivity contribution is 0.780. The third-order valence-electron chi connectivity index (χ3n) is 3.40. The number of hydrogen-bond acceptors (Lipinski definition) is 4. The molecule has 3 rings (SSSR count). The zero-order valence-corrected chi connectivity index (χ0v) is 12.6. The van der Waals surface area contributed by atoms with Crippen LogP contribution in [0.2, 0.25) is 0 Å². The molecule has 0 atom stereocenters. The van der Waals surface area contributed by atoms with Crippen molar-refractivity contribution in [3.8, 4) is 0 Å². The van der Waals surface area contributed by atoms with Crippen molar-refractivity contribution in [3.63, 3.8) is 0 Å². The Morgan fingerprint density at radius 2 is 1.95 bits per heavy atom. The number of benzene rings is 1. The van der Waals surface area contributed by atoms with Crippen LogP contribution in [0.5, 0.6) is 0 Å². The highest BCUT2D eigenvalue weighted by molar-refractivity contribution is 7.98. The summed E-state index contributed by atoms with van der Waals surface area (Å²) >= 11 is 1.68. The highest BCUT2D eigenvalue weighted by atomic mass is 32.2. The van der Waals surface area contributed by atoms with Crippen LogP contribution >= 0.6 is 11.8 Å². The first-order valence-corrected chi connectivity index (χ1v) is 7.48. The van der Waals surface area contributed by atoms with Crippen molar-refractivity contribution in [2.24, 2.45) is 7.05 Å². The first-order valence-electron chi connectivity index (χ1n) is 6.49. The highest BCUT2D eigenvalue weighted by Crippen LogP contribution is 2.25. The fourth-order valence-corrected chi connectivity index (χ4v) is 2.99. The first-order chi connectivity index (χ1) is 9.65. The Bertz CT molecular complexity index is 764. The van der Waals surface area contributed by atoms with E-state index >= 15 is 0 Å². The number of aromatic nitrogens is 4. The Labute approximate surface area is 122 Å². The Hall–Kier alpha value is -1.88. The molecule has 0 N–H and O–H groups in total. The molecule has 2 aromatic heterocycles. The molecule has 2 heterocycles. The van der Waals surface area contributed by atoms with E-state index in [1.54, 1.807) is 11.8 Å². The van der Waals surface area contributed by atoms with Crippen molar-refractivity contribution < 1.29 is 0 Å². The van der Waals surface area contributed by atoms with E-state index in [2.05, 4.69) is 40.4 Å². The molecule has 0 unspecified atom stereocenters. The van der Waals surface area contributed by atoms with Gasteiger partial charge in [0.2, 0.25) is 0 Å². The fourth-order valence-electron chi connectivity index (χ4n) is 2.13. The third-order valence-corrected chi connectivity index (χ3v) is 4.31. The number of rotatable bonds is 3. The maximum atomic E-state index is 4.59. The molecule has 0 saturated carbocycles. The van der Waals surface area contributed by atoms with Crippen LogP contribution in [0.3, 0.4) is 0 Å². The van der Waals surface area contributed by atoms with Crippen molar-refractivity contribution in [3.05, 3.63) is 47.3 Å².